The van der Waals surface area contributed by atoms with E-state index in [9.17, 15) is 33.8 Å². The lowest BCUT2D eigenvalue weighted by Crippen LogP contribution is -2.53. The predicted octanol–water partition coefficient (Wildman–Crippen LogP) is 2.10. The number of halogens is 1. The molecule has 2 heterocycles. The molecular weight excluding hydrogens is 459 g/mol. The summed E-state index contributed by atoms with van der Waals surface area (Å²) in [4.78, 5) is 49.8. The topological polar surface area (TPSA) is 132 Å². The number of pyridine rings is 1. The molecule has 4 rings (SSSR count). The molecular formula is C24H21FN4O6. The van der Waals surface area contributed by atoms with Crippen LogP contribution in [0, 0.1) is 5.82 Å². The fourth-order valence-corrected chi connectivity index (χ4v) is 3.81. The Bertz CT molecular complexity index is 1370. The van der Waals surface area contributed by atoms with Gasteiger partial charge in [-0.05, 0) is 35.4 Å². The van der Waals surface area contributed by atoms with E-state index >= 15 is 0 Å². The third-order valence-electron chi connectivity index (χ3n) is 5.45. The van der Waals surface area contributed by atoms with Crippen LogP contribution in [0.2, 0.25) is 0 Å². The lowest BCUT2D eigenvalue weighted by atomic mass is 10.1. The van der Waals surface area contributed by atoms with Crippen LogP contribution in [0.1, 0.15) is 38.9 Å². The van der Waals surface area contributed by atoms with Gasteiger partial charge in [-0.1, -0.05) is 24.3 Å². The number of rotatable bonds is 6. The number of anilines is 1. The Morgan fingerprint density at radius 2 is 1.60 bits per heavy atom. The quantitative estimate of drug-likeness (QED) is 0.492. The summed E-state index contributed by atoms with van der Waals surface area (Å²) in [7, 11) is 0. The number of carboxylic acids is 1. The molecule has 0 unspecified atom stereocenters. The molecule has 35 heavy (non-hydrogen) atoms. The van der Waals surface area contributed by atoms with E-state index in [0.29, 0.717) is 11.3 Å². The SMILES string of the molecule is CC(=O)Nc1ccc(CN2CN(Cc3ccc(F)cc3)C(=O)c3c(O)c(=O)c(C(=O)O)cn32)cc1. The molecule has 1 aliphatic rings. The second kappa shape index (κ2) is 9.29. The van der Waals surface area contributed by atoms with Gasteiger partial charge in [0.1, 0.15) is 18.0 Å². The van der Waals surface area contributed by atoms with Crippen LogP contribution >= 0.6 is 0 Å². The number of aromatic nitrogens is 1. The van der Waals surface area contributed by atoms with E-state index in [-0.39, 0.29) is 31.4 Å². The van der Waals surface area contributed by atoms with Crippen LogP contribution in [0.25, 0.3) is 0 Å². The molecule has 0 saturated carbocycles. The van der Waals surface area contributed by atoms with Crippen molar-refractivity contribution >= 4 is 23.5 Å². The van der Waals surface area contributed by atoms with Gasteiger partial charge in [0.2, 0.25) is 11.3 Å². The number of aromatic carboxylic acids is 1. The number of nitrogens with zero attached hydrogens (tertiary/aromatic N) is 3. The zero-order valence-electron chi connectivity index (χ0n) is 18.6. The molecule has 2 aromatic carbocycles. The number of hydrogen-bond donors (Lipinski definition) is 3. The smallest absolute Gasteiger partial charge is 0.341 e. The van der Waals surface area contributed by atoms with Crippen LogP contribution in [-0.4, -0.2) is 44.2 Å². The zero-order chi connectivity index (χ0) is 25.3. The summed E-state index contributed by atoms with van der Waals surface area (Å²) in [6, 6.07) is 12.4. The molecule has 11 heteroatoms. The number of hydrogen-bond acceptors (Lipinski definition) is 6. The van der Waals surface area contributed by atoms with Crippen molar-refractivity contribution in [1.29, 1.82) is 0 Å². The van der Waals surface area contributed by atoms with Gasteiger partial charge >= 0.3 is 5.97 Å². The third kappa shape index (κ3) is 4.83. The van der Waals surface area contributed by atoms with Gasteiger partial charge in [-0.25, -0.2) is 9.18 Å². The summed E-state index contributed by atoms with van der Waals surface area (Å²) < 4.78 is 14.5. The van der Waals surface area contributed by atoms with Crippen molar-refractivity contribution in [3.63, 3.8) is 0 Å². The van der Waals surface area contributed by atoms with Crippen molar-refractivity contribution in [2.45, 2.75) is 20.0 Å². The Morgan fingerprint density at radius 3 is 2.20 bits per heavy atom. The number of carbonyl (C=O) groups excluding carboxylic acids is 2. The van der Waals surface area contributed by atoms with Gasteiger partial charge in [-0.2, -0.15) is 0 Å². The summed E-state index contributed by atoms with van der Waals surface area (Å²) >= 11 is 0. The molecule has 0 radical (unpaired) electrons. The number of benzene rings is 2. The van der Waals surface area contributed by atoms with E-state index in [2.05, 4.69) is 5.32 Å². The molecule has 0 atom stereocenters. The predicted molar refractivity (Wildman–Crippen MR) is 123 cm³/mol. The van der Waals surface area contributed by atoms with E-state index in [1.165, 1.54) is 40.8 Å². The Balaban J connectivity index is 1.73. The maximum Gasteiger partial charge on any atom is 0.341 e. The first-order chi connectivity index (χ1) is 16.6. The minimum atomic E-state index is -1.54. The highest BCUT2D eigenvalue weighted by Gasteiger charge is 2.34. The van der Waals surface area contributed by atoms with Gasteiger partial charge in [0.25, 0.3) is 5.91 Å². The first-order valence-electron chi connectivity index (χ1n) is 10.5. The molecule has 3 N–H and O–H groups in total. The molecule has 10 nitrogen and oxygen atoms in total. The molecule has 0 spiro atoms. The Labute approximate surface area is 198 Å². The zero-order valence-corrected chi connectivity index (χ0v) is 18.6. The lowest BCUT2D eigenvalue weighted by molar-refractivity contribution is -0.114. The fourth-order valence-electron chi connectivity index (χ4n) is 3.81. The highest BCUT2D eigenvalue weighted by molar-refractivity contribution is 5.97. The average molecular weight is 480 g/mol. The Hall–Kier alpha value is -4.67. The second-order valence-corrected chi connectivity index (χ2v) is 8.03. The van der Waals surface area contributed by atoms with E-state index < -0.39 is 34.4 Å². The molecule has 0 saturated heterocycles. The standard InChI is InChI=1S/C24H21FN4O6/c1-14(30)26-18-8-4-16(5-9-18)11-28-13-27(10-15-2-6-17(25)7-3-15)23(33)20-22(32)21(31)19(24(34)35)12-29(20)28/h2-9,12,32H,10-11,13H2,1H3,(H,26,30)(H,34,35). The maximum absolute atomic E-state index is 13.3. The van der Waals surface area contributed by atoms with Crippen molar-refractivity contribution in [2.75, 3.05) is 17.0 Å². The monoisotopic (exact) mass is 480 g/mol. The van der Waals surface area contributed by atoms with Gasteiger partial charge in [-0.15, -0.1) is 0 Å². The highest BCUT2D eigenvalue weighted by atomic mass is 19.1. The number of aromatic hydroxyl groups is 1. The normalized spacial score (nSPS) is 12.9. The number of amides is 2. The van der Waals surface area contributed by atoms with Crippen LogP contribution in [0.15, 0.2) is 59.5 Å². The summed E-state index contributed by atoms with van der Waals surface area (Å²) in [6.07, 6.45) is 1.01. The molecule has 180 valence electrons. The average Bonchev–Trinajstić information content (AvgIpc) is 2.80. The van der Waals surface area contributed by atoms with Crippen molar-refractivity contribution in [3.05, 3.63) is 93.2 Å². The largest absolute Gasteiger partial charge is 0.502 e. The first kappa shape index (κ1) is 23.5. The van der Waals surface area contributed by atoms with Gasteiger partial charge in [0, 0.05) is 25.4 Å². The van der Waals surface area contributed by atoms with E-state index in [1.54, 1.807) is 29.3 Å². The molecule has 0 bridgehead atoms. The van der Waals surface area contributed by atoms with Crippen molar-refractivity contribution in [1.82, 2.24) is 9.58 Å². The summed E-state index contributed by atoms with van der Waals surface area (Å²) in [5.74, 6) is -3.85. The lowest BCUT2D eigenvalue weighted by Gasteiger charge is -2.40. The summed E-state index contributed by atoms with van der Waals surface area (Å²) in [6.45, 7) is 1.60. The number of carbonyl (C=O) groups is 3. The summed E-state index contributed by atoms with van der Waals surface area (Å²) in [5.41, 5.74) is -0.267. The van der Waals surface area contributed by atoms with Gasteiger partial charge in [0.05, 0.1) is 6.54 Å². The number of fused-ring (bicyclic) bond motifs is 1. The Kier molecular flexibility index (Phi) is 6.24. The number of nitrogens with one attached hydrogen (secondary N) is 1. The molecule has 1 aromatic heterocycles. The van der Waals surface area contributed by atoms with Gasteiger partial charge in [-0.3, -0.25) is 24.1 Å². The van der Waals surface area contributed by atoms with Gasteiger partial charge < -0.3 is 20.4 Å². The maximum atomic E-state index is 13.3. The third-order valence-corrected chi connectivity index (χ3v) is 5.45. The first-order valence-corrected chi connectivity index (χ1v) is 10.5. The molecule has 3 aromatic rings. The van der Waals surface area contributed by atoms with Crippen LogP contribution in [0.3, 0.4) is 0 Å². The fraction of sp³-hybridized carbons (Fsp3) is 0.167. The molecule has 2 amide bonds. The highest BCUT2D eigenvalue weighted by Crippen LogP contribution is 2.24. The van der Waals surface area contributed by atoms with Gasteiger partial charge in [0.15, 0.2) is 11.4 Å². The Morgan fingerprint density at radius 1 is 1.00 bits per heavy atom. The van der Waals surface area contributed by atoms with Crippen molar-refractivity contribution < 1.29 is 29.0 Å². The second-order valence-electron chi connectivity index (χ2n) is 8.03. The molecule has 0 fully saturated rings. The summed E-state index contributed by atoms with van der Waals surface area (Å²) in [5, 5.41) is 24.2. The van der Waals surface area contributed by atoms with Crippen molar-refractivity contribution in [2.24, 2.45) is 0 Å². The van der Waals surface area contributed by atoms with E-state index in [4.69, 9.17) is 0 Å². The molecule has 1 aliphatic heterocycles. The number of carboxylic acid groups (broad SMARTS) is 1. The van der Waals surface area contributed by atoms with E-state index in [0.717, 1.165) is 11.8 Å². The van der Waals surface area contributed by atoms with E-state index in [1.807, 2.05) is 0 Å². The minimum absolute atomic E-state index is 0.0158. The minimum Gasteiger partial charge on any atom is -0.502 e. The molecule has 0 aliphatic carbocycles. The van der Waals surface area contributed by atoms with Crippen molar-refractivity contribution in [3.8, 4) is 5.75 Å². The van der Waals surface area contributed by atoms with Crippen LogP contribution in [-0.2, 0) is 17.9 Å². The van der Waals surface area contributed by atoms with Crippen LogP contribution < -0.4 is 15.8 Å². The van der Waals surface area contributed by atoms with Crippen LogP contribution in [0.4, 0.5) is 10.1 Å². The van der Waals surface area contributed by atoms with Crippen LogP contribution in [0.5, 0.6) is 5.75 Å².